The smallest absolute Gasteiger partial charge is 0.326 e. The molecule has 0 aliphatic heterocycles. The van der Waals surface area contributed by atoms with E-state index in [1.807, 2.05) is 27.7 Å². The first kappa shape index (κ1) is 54.5. The number of nitrogens with zero attached hydrogens (tertiary/aromatic N) is 3. The molecule has 2 heterocycles. The number of H-pyrrole nitrogens is 1. The Bertz CT molecular complexity index is 1930. The van der Waals surface area contributed by atoms with Gasteiger partial charge in [-0.25, -0.2) is 14.8 Å². The first-order chi connectivity index (χ1) is 29.0. The van der Waals surface area contributed by atoms with E-state index in [1.165, 1.54) is 24.4 Å². The highest BCUT2D eigenvalue weighted by Gasteiger charge is 2.22. The summed E-state index contributed by atoms with van der Waals surface area (Å²) >= 11 is 0. The van der Waals surface area contributed by atoms with Gasteiger partial charge >= 0.3 is 5.97 Å². The van der Waals surface area contributed by atoms with Crippen LogP contribution >= 0.6 is 0 Å². The van der Waals surface area contributed by atoms with E-state index in [0.717, 1.165) is 6.42 Å². The van der Waals surface area contributed by atoms with E-state index in [4.69, 9.17) is 15.9 Å². The normalized spacial score (nSPS) is 11.0. The summed E-state index contributed by atoms with van der Waals surface area (Å²) < 4.78 is 0. The molecule has 0 aliphatic rings. The molecule has 61 heavy (non-hydrogen) atoms. The molecule has 19 nitrogen and oxygen atoms in total. The van der Waals surface area contributed by atoms with Crippen LogP contribution in [0.3, 0.4) is 0 Å². The topological polar surface area (TPSA) is 304 Å². The zero-order valence-corrected chi connectivity index (χ0v) is 36.0. The van der Waals surface area contributed by atoms with Gasteiger partial charge < -0.3 is 47.6 Å². The highest BCUT2D eigenvalue weighted by Crippen LogP contribution is 2.12. The molecule has 0 saturated heterocycles. The number of hydrogen-bond acceptors (Lipinski definition) is 13. The number of hydrogen-bond donors (Lipinski definition) is 10. The average Bonchev–Trinajstić information content (AvgIpc) is 3.23. The Morgan fingerprint density at radius 1 is 0.869 bits per heavy atom. The Morgan fingerprint density at radius 2 is 1.48 bits per heavy atom. The van der Waals surface area contributed by atoms with Gasteiger partial charge in [0.2, 0.25) is 17.8 Å². The van der Waals surface area contributed by atoms with Crippen molar-refractivity contribution in [2.45, 2.75) is 79.8 Å². The molecule has 0 radical (unpaired) electrons. The lowest BCUT2D eigenvalue weighted by atomic mass is 10.1. The van der Waals surface area contributed by atoms with Crippen molar-refractivity contribution < 1.29 is 39.3 Å². The monoisotopic (exact) mass is 852 g/mol. The van der Waals surface area contributed by atoms with E-state index in [-0.39, 0.29) is 80.0 Å². The van der Waals surface area contributed by atoms with Crippen LogP contribution in [0.15, 0.2) is 72.2 Å². The number of rotatable bonds is 21. The SMILES string of the molecule is C=C/C=C(\C=C)C(=O)NCCC(C)C.CC.CC(C)CO.Nc1nc2ncc(CNc3ccc(C(=O)NC(CCC(=O)NCCNC(=O)CCO)C(=O)O)cc3)nc2c(=O)[nH]1. The van der Waals surface area contributed by atoms with Gasteiger partial charge in [0.25, 0.3) is 17.4 Å². The van der Waals surface area contributed by atoms with Gasteiger partial charge in [0, 0.05) is 55.9 Å². The van der Waals surface area contributed by atoms with Crippen molar-refractivity contribution in [2.24, 2.45) is 11.8 Å². The van der Waals surface area contributed by atoms with Gasteiger partial charge in [-0.1, -0.05) is 72.9 Å². The maximum absolute atomic E-state index is 12.6. The summed E-state index contributed by atoms with van der Waals surface area (Å²) in [6.07, 6.45) is 6.88. The van der Waals surface area contributed by atoms with Crippen molar-refractivity contribution in [1.29, 1.82) is 0 Å². The molecule has 1 unspecified atom stereocenters. The zero-order valence-electron chi connectivity index (χ0n) is 36.0. The van der Waals surface area contributed by atoms with Crippen molar-refractivity contribution in [3.63, 3.8) is 0 Å². The van der Waals surface area contributed by atoms with Crippen molar-refractivity contribution in [2.75, 3.05) is 43.9 Å². The molecule has 336 valence electrons. The number of nitrogen functional groups attached to an aromatic ring is 1. The predicted octanol–water partition coefficient (Wildman–Crippen LogP) is 2.59. The number of nitrogens with one attached hydrogen (secondary N) is 6. The molecule has 1 atom stereocenters. The van der Waals surface area contributed by atoms with E-state index in [9.17, 15) is 33.9 Å². The van der Waals surface area contributed by atoms with Crippen molar-refractivity contribution in [1.82, 2.24) is 41.2 Å². The van der Waals surface area contributed by atoms with Crippen LogP contribution in [0.1, 0.15) is 83.3 Å². The lowest BCUT2D eigenvalue weighted by molar-refractivity contribution is -0.139. The molecule has 0 bridgehead atoms. The number of anilines is 2. The van der Waals surface area contributed by atoms with Crippen LogP contribution in [0.2, 0.25) is 0 Å². The number of aliphatic carboxylic acids is 1. The molecular formula is C42H64N10O9. The molecule has 3 rings (SSSR count). The summed E-state index contributed by atoms with van der Waals surface area (Å²) in [6, 6.07) is 4.93. The van der Waals surface area contributed by atoms with E-state index in [2.05, 4.69) is 73.5 Å². The fourth-order valence-corrected chi connectivity index (χ4v) is 4.38. The Hall–Kier alpha value is -6.47. The van der Waals surface area contributed by atoms with Crippen LogP contribution in [0.5, 0.6) is 0 Å². The minimum Gasteiger partial charge on any atom is -0.480 e. The molecular weight excluding hydrogens is 789 g/mol. The van der Waals surface area contributed by atoms with Crippen LogP contribution in [-0.4, -0.2) is 104 Å². The van der Waals surface area contributed by atoms with Gasteiger partial charge in [-0.05, 0) is 48.9 Å². The zero-order chi connectivity index (χ0) is 46.3. The first-order valence-electron chi connectivity index (χ1n) is 19.9. The van der Waals surface area contributed by atoms with Crippen LogP contribution in [0.4, 0.5) is 11.6 Å². The number of nitrogens with two attached hydrogens (primary N) is 1. The van der Waals surface area contributed by atoms with Gasteiger partial charge in [0.15, 0.2) is 11.2 Å². The maximum Gasteiger partial charge on any atom is 0.326 e. The number of aromatic nitrogens is 4. The molecule has 2 aromatic heterocycles. The highest BCUT2D eigenvalue weighted by atomic mass is 16.4. The maximum atomic E-state index is 12.6. The number of aromatic amines is 1. The van der Waals surface area contributed by atoms with Gasteiger partial charge in [-0.15, -0.1) is 0 Å². The minimum absolute atomic E-state index is 0.0361. The number of carbonyl (C=O) groups is 5. The van der Waals surface area contributed by atoms with Crippen LogP contribution in [0.25, 0.3) is 11.2 Å². The summed E-state index contributed by atoms with van der Waals surface area (Å²) in [5, 5.41) is 39.6. The molecule has 4 amide bonds. The summed E-state index contributed by atoms with van der Waals surface area (Å²) in [7, 11) is 0. The standard InChI is InChI=1S/C24H29N9O7.C12H19NO.C4H10O.C2H6/c25-24-32-20-19(22(38)33-24)30-15(12-29-20)11-28-14-3-1-13(2-4-14)21(37)31-16(23(39)40)5-6-17(35)26-8-9-27-18(36)7-10-34;1-5-7-11(6-2)12(14)13-9-8-10(3)4;1-4(2)3-5;1-2/h1-4,12,16,28,34H,5-11H2,(H,26,35)(H,27,36)(H,31,37)(H,39,40)(H3,25,29,32,33,38);5-7,10H,1-2,8-9H2,3-4H3,(H,13,14);4-5H,3H2,1-2H3;1-2H3/b;11-7+;;. The number of carboxylic acid groups (broad SMARTS) is 1. The lowest BCUT2D eigenvalue weighted by Gasteiger charge is -2.15. The molecule has 11 N–H and O–H groups in total. The Balaban J connectivity index is 0.00000142. The number of allylic oxidation sites excluding steroid dienone is 2. The van der Waals surface area contributed by atoms with Gasteiger partial charge in [0.05, 0.1) is 25.0 Å². The largest absolute Gasteiger partial charge is 0.480 e. The second-order valence-electron chi connectivity index (χ2n) is 13.6. The molecule has 0 saturated carbocycles. The Kier molecular flexibility index (Phi) is 28.1. The van der Waals surface area contributed by atoms with E-state index in [0.29, 0.717) is 41.9 Å². The third kappa shape index (κ3) is 23.6. The van der Waals surface area contributed by atoms with Crippen LogP contribution in [0, 0.1) is 11.8 Å². The summed E-state index contributed by atoms with van der Waals surface area (Å²) in [6.45, 7) is 20.6. The van der Waals surface area contributed by atoms with Crippen LogP contribution < -0.4 is 37.9 Å². The Labute approximate surface area is 356 Å². The van der Waals surface area contributed by atoms with Crippen LogP contribution in [-0.2, 0) is 25.7 Å². The molecule has 0 fully saturated rings. The fourth-order valence-electron chi connectivity index (χ4n) is 4.38. The summed E-state index contributed by atoms with van der Waals surface area (Å²) in [5.74, 6) is -1.80. The van der Waals surface area contributed by atoms with E-state index >= 15 is 0 Å². The first-order valence-corrected chi connectivity index (χ1v) is 19.9. The number of aliphatic hydroxyl groups is 2. The molecule has 19 heteroatoms. The fraction of sp³-hybridized carbons (Fsp3) is 0.452. The Morgan fingerprint density at radius 3 is 2.00 bits per heavy atom. The number of fused-ring (bicyclic) bond motifs is 1. The van der Waals surface area contributed by atoms with Gasteiger partial charge in [0.1, 0.15) is 6.04 Å². The van der Waals surface area contributed by atoms with Crippen molar-refractivity contribution in [3.8, 4) is 0 Å². The number of amides is 4. The van der Waals surface area contributed by atoms with E-state index in [1.54, 1.807) is 24.3 Å². The second kappa shape index (κ2) is 31.5. The third-order valence-electron chi connectivity index (χ3n) is 7.63. The number of carboxylic acids is 1. The molecule has 0 spiro atoms. The van der Waals surface area contributed by atoms with E-state index < -0.39 is 29.4 Å². The highest BCUT2D eigenvalue weighted by molar-refractivity contribution is 5.97. The summed E-state index contributed by atoms with van der Waals surface area (Å²) in [4.78, 5) is 85.5. The number of aliphatic hydroxyl groups excluding tert-OH is 2. The lowest BCUT2D eigenvalue weighted by Crippen LogP contribution is -2.42. The minimum atomic E-state index is -1.29. The second-order valence-corrected chi connectivity index (χ2v) is 13.6. The molecule has 3 aromatic rings. The summed E-state index contributed by atoms with van der Waals surface area (Å²) in [5.41, 5.74) is 7.03. The van der Waals surface area contributed by atoms with Crippen molar-refractivity contribution >= 4 is 52.4 Å². The number of benzene rings is 1. The molecule has 1 aromatic carbocycles. The van der Waals surface area contributed by atoms with Crippen molar-refractivity contribution in [3.05, 3.63) is 89.0 Å². The average molecular weight is 853 g/mol. The quantitative estimate of drug-likeness (QED) is 0.0419. The van der Waals surface area contributed by atoms with Gasteiger partial charge in [-0.3, -0.25) is 29.0 Å². The molecule has 0 aliphatic carbocycles. The van der Waals surface area contributed by atoms with Gasteiger partial charge in [-0.2, -0.15) is 4.98 Å². The third-order valence-corrected chi connectivity index (χ3v) is 7.63. The predicted molar refractivity (Wildman–Crippen MR) is 236 cm³/mol. The number of carbonyl (C=O) groups excluding carboxylic acids is 4.